The molecule has 0 radical (unpaired) electrons. The van der Waals surface area contributed by atoms with E-state index in [9.17, 15) is 22.4 Å². The third-order valence-electron chi connectivity index (χ3n) is 6.43. The van der Waals surface area contributed by atoms with Gasteiger partial charge >= 0.3 is 0 Å². The molecule has 214 valence electrons. The smallest absolute Gasteiger partial charge is 0.244 e. The van der Waals surface area contributed by atoms with E-state index >= 15 is 0 Å². The minimum atomic E-state index is -3.98. The van der Waals surface area contributed by atoms with Gasteiger partial charge in [-0.25, -0.2) is 12.8 Å². The van der Waals surface area contributed by atoms with Gasteiger partial charge in [-0.2, -0.15) is 0 Å². The van der Waals surface area contributed by atoms with Crippen LogP contribution in [0.5, 0.6) is 0 Å². The fourth-order valence-electron chi connectivity index (χ4n) is 4.20. The first-order valence-electron chi connectivity index (χ1n) is 12.9. The van der Waals surface area contributed by atoms with Gasteiger partial charge in [0.1, 0.15) is 18.4 Å². The minimum Gasteiger partial charge on any atom is -0.354 e. The molecule has 10 heteroatoms. The highest BCUT2D eigenvalue weighted by atomic mass is 35.5. The molecule has 1 atom stereocenters. The summed E-state index contributed by atoms with van der Waals surface area (Å²) in [5, 5.41) is 2.67. The minimum absolute atomic E-state index is 0.0435. The number of anilines is 1. The molecule has 0 saturated heterocycles. The summed E-state index contributed by atoms with van der Waals surface area (Å²) >= 11 is 5.93. The van der Waals surface area contributed by atoms with Crippen LogP contribution in [0.25, 0.3) is 0 Å². The lowest BCUT2D eigenvalue weighted by molar-refractivity contribution is -0.140. The maximum absolute atomic E-state index is 14.0. The van der Waals surface area contributed by atoms with E-state index in [0.29, 0.717) is 6.54 Å². The molecule has 0 aromatic heterocycles. The number of amides is 2. The van der Waals surface area contributed by atoms with Gasteiger partial charge in [0.05, 0.1) is 17.0 Å². The third kappa shape index (κ3) is 8.53. The van der Waals surface area contributed by atoms with Crippen LogP contribution in [0.1, 0.15) is 30.5 Å². The molecule has 0 heterocycles. The number of hydrogen-bond acceptors (Lipinski definition) is 4. The van der Waals surface area contributed by atoms with E-state index < -0.39 is 34.3 Å². The molecule has 40 heavy (non-hydrogen) atoms. The Balaban J connectivity index is 2.07. The van der Waals surface area contributed by atoms with Gasteiger partial charge in [0, 0.05) is 19.5 Å². The van der Waals surface area contributed by atoms with E-state index in [1.165, 1.54) is 11.0 Å². The fourth-order valence-corrected chi connectivity index (χ4v) is 5.22. The maximum Gasteiger partial charge on any atom is 0.244 e. The van der Waals surface area contributed by atoms with Crippen LogP contribution in [-0.2, 0) is 32.6 Å². The molecule has 7 nitrogen and oxygen atoms in total. The second-order valence-electron chi connectivity index (χ2n) is 10.2. The number of hydrogen-bond donors (Lipinski definition) is 1. The van der Waals surface area contributed by atoms with Gasteiger partial charge in [-0.05, 0) is 47.7 Å². The summed E-state index contributed by atoms with van der Waals surface area (Å²) in [4.78, 5) is 29.1. The molecule has 0 aliphatic heterocycles. The average molecular weight is 588 g/mol. The van der Waals surface area contributed by atoms with Crippen molar-refractivity contribution in [3.63, 3.8) is 0 Å². The molecule has 2 amide bonds. The van der Waals surface area contributed by atoms with Crippen molar-refractivity contribution >= 4 is 39.1 Å². The van der Waals surface area contributed by atoms with Crippen LogP contribution >= 0.6 is 11.6 Å². The summed E-state index contributed by atoms with van der Waals surface area (Å²) in [6.45, 7) is 5.75. The molecule has 0 unspecified atom stereocenters. The summed E-state index contributed by atoms with van der Waals surface area (Å²) < 4.78 is 40.3. The Hall–Kier alpha value is -3.43. The van der Waals surface area contributed by atoms with Crippen molar-refractivity contribution in [1.82, 2.24) is 10.2 Å². The lowest BCUT2D eigenvalue weighted by Gasteiger charge is -2.34. The molecule has 0 aliphatic rings. The second kappa shape index (κ2) is 13.8. The maximum atomic E-state index is 14.0. The Kier molecular flexibility index (Phi) is 10.7. The first-order chi connectivity index (χ1) is 18.9. The molecule has 0 saturated carbocycles. The van der Waals surface area contributed by atoms with Crippen molar-refractivity contribution < 1.29 is 22.4 Å². The van der Waals surface area contributed by atoms with Crippen LogP contribution in [0.3, 0.4) is 0 Å². The van der Waals surface area contributed by atoms with Crippen LogP contribution < -0.4 is 9.62 Å². The van der Waals surface area contributed by atoms with E-state index in [-0.39, 0.29) is 35.5 Å². The average Bonchev–Trinajstić information content (AvgIpc) is 2.90. The van der Waals surface area contributed by atoms with Crippen molar-refractivity contribution in [3.8, 4) is 0 Å². The highest BCUT2D eigenvalue weighted by Crippen LogP contribution is 2.25. The second-order valence-corrected chi connectivity index (χ2v) is 12.5. The standard InChI is InChI=1S/C30H35ClFN3O4S/c1-21(2)18-33-30(37)28(16-23-11-6-5-7-12-23)34(19-24-13-9-8-10-22(24)3)29(36)20-35(40(4,38)39)25-14-15-27(32)26(31)17-25/h5-15,17,21,28H,16,18-20H2,1-4H3,(H,33,37)/t28-/m0/s1. The zero-order valence-corrected chi connectivity index (χ0v) is 24.7. The third-order valence-corrected chi connectivity index (χ3v) is 7.86. The molecule has 0 spiro atoms. The molecular formula is C30H35ClFN3O4S. The van der Waals surface area contributed by atoms with Gasteiger partial charge in [0.25, 0.3) is 0 Å². The van der Waals surface area contributed by atoms with Gasteiger partial charge in [0.15, 0.2) is 0 Å². The lowest BCUT2D eigenvalue weighted by atomic mass is 10.0. The van der Waals surface area contributed by atoms with E-state index in [4.69, 9.17) is 11.6 Å². The van der Waals surface area contributed by atoms with Crippen LogP contribution in [0.2, 0.25) is 5.02 Å². The fraction of sp³-hybridized carbons (Fsp3) is 0.333. The summed E-state index contributed by atoms with van der Waals surface area (Å²) in [5.41, 5.74) is 2.63. The van der Waals surface area contributed by atoms with Crippen molar-refractivity contribution in [1.29, 1.82) is 0 Å². The van der Waals surface area contributed by atoms with Crippen molar-refractivity contribution in [2.75, 3.05) is 23.7 Å². The van der Waals surface area contributed by atoms with Gasteiger partial charge in [0.2, 0.25) is 21.8 Å². The summed E-state index contributed by atoms with van der Waals surface area (Å²) in [6, 6.07) is 19.4. The Morgan fingerprint density at radius 2 is 1.65 bits per heavy atom. The van der Waals surface area contributed by atoms with Crippen LogP contribution in [0.15, 0.2) is 72.8 Å². The molecular weight excluding hydrogens is 553 g/mol. The number of benzene rings is 3. The molecule has 1 N–H and O–H groups in total. The highest BCUT2D eigenvalue weighted by Gasteiger charge is 2.33. The molecule has 3 aromatic rings. The predicted molar refractivity (Wildman–Crippen MR) is 157 cm³/mol. The number of carbonyl (C=O) groups excluding carboxylic acids is 2. The Morgan fingerprint density at radius 3 is 2.25 bits per heavy atom. The van der Waals surface area contributed by atoms with E-state index in [1.807, 2.05) is 75.4 Å². The zero-order valence-electron chi connectivity index (χ0n) is 23.1. The van der Waals surface area contributed by atoms with E-state index in [2.05, 4.69) is 5.32 Å². The number of nitrogens with zero attached hydrogens (tertiary/aromatic N) is 2. The summed E-state index contributed by atoms with van der Waals surface area (Å²) in [6.07, 6.45) is 1.18. The van der Waals surface area contributed by atoms with Crippen molar-refractivity contribution in [3.05, 3.63) is 100 Å². The van der Waals surface area contributed by atoms with Crippen molar-refractivity contribution in [2.24, 2.45) is 5.92 Å². The van der Waals surface area contributed by atoms with Gasteiger partial charge < -0.3 is 10.2 Å². The molecule has 3 aromatic carbocycles. The first kappa shape index (κ1) is 31.1. The van der Waals surface area contributed by atoms with E-state index in [0.717, 1.165) is 39.4 Å². The van der Waals surface area contributed by atoms with Gasteiger partial charge in [-0.1, -0.05) is 80.0 Å². The number of sulfonamides is 1. The molecule has 0 bridgehead atoms. The highest BCUT2D eigenvalue weighted by molar-refractivity contribution is 7.92. The molecule has 0 fully saturated rings. The SMILES string of the molecule is Cc1ccccc1CN(C(=O)CN(c1ccc(F)c(Cl)c1)S(C)(=O)=O)[C@@H](Cc1ccccc1)C(=O)NCC(C)C. The molecule has 3 rings (SSSR count). The van der Waals surface area contributed by atoms with E-state index in [1.54, 1.807) is 0 Å². The van der Waals surface area contributed by atoms with Crippen molar-refractivity contribution in [2.45, 2.75) is 39.8 Å². The Labute approximate surface area is 241 Å². The van der Waals surface area contributed by atoms with Crippen LogP contribution in [0.4, 0.5) is 10.1 Å². The van der Waals surface area contributed by atoms with Crippen LogP contribution in [0, 0.1) is 18.7 Å². The largest absolute Gasteiger partial charge is 0.354 e. The van der Waals surface area contributed by atoms with Gasteiger partial charge in [-0.3, -0.25) is 13.9 Å². The first-order valence-corrected chi connectivity index (χ1v) is 15.2. The molecule has 0 aliphatic carbocycles. The van der Waals surface area contributed by atoms with Gasteiger partial charge in [-0.15, -0.1) is 0 Å². The number of carbonyl (C=O) groups is 2. The Bertz CT molecular complexity index is 1430. The zero-order chi connectivity index (χ0) is 29.4. The number of aryl methyl sites for hydroxylation is 1. The quantitative estimate of drug-likeness (QED) is 0.324. The lowest BCUT2D eigenvalue weighted by Crippen LogP contribution is -2.53. The summed E-state index contributed by atoms with van der Waals surface area (Å²) in [7, 11) is -3.98. The monoisotopic (exact) mass is 587 g/mol. The Morgan fingerprint density at radius 1 is 1.00 bits per heavy atom. The predicted octanol–water partition coefficient (Wildman–Crippen LogP) is 4.97. The number of rotatable bonds is 12. The van der Waals surface area contributed by atoms with Crippen LogP contribution in [-0.4, -0.2) is 50.5 Å². The number of nitrogens with one attached hydrogen (secondary N) is 1. The number of halogens is 2. The normalized spacial score (nSPS) is 12.2. The topological polar surface area (TPSA) is 86.8 Å². The summed E-state index contributed by atoms with van der Waals surface area (Å²) in [5.74, 6) is -1.45.